The molecule has 0 radical (unpaired) electrons. The van der Waals surface area contributed by atoms with Crippen molar-refractivity contribution in [2.75, 3.05) is 6.61 Å². The highest BCUT2D eigenvalue weighted by atomic mass is 16.5. The summed E-state index contributed by atoms with van der Waals surface area (Å²) in [5.74, 6) is 0.931. The molecule has 1 saturated heterocycles. The van der Waals surface area contributed by atoms with E-state index in [2.05, 4.69) is 12.3 Å². The Labute approximate surface area is 43.3 Å². The highest BCUT2D eigenvalue weighted by Crippen LogP contribution is 2.12. The maximum atomic E-state index is 5.05. The van der Waals surface area contributed by atoms with Gasteiger partial charge in [-0.1, -0.05) is 12.3 Å². The van der Waals surface area contributed by atoms with Crippen LogP contribution in [0, 0.1) is 0 Å². The zero-order valence-corrected chi connectivity index (χ0v) is 4.24. The van der Waals surface area contributed by atoms with Gasteiger partial charge in [0.15, 0.2) is 0 Å². The molecule has 1 rings (SSSR count). The average molecular weight is 96.1 g/mol. The fourth-order valence-electron chi connectivity index (χ4n) is 0.640. The third kappa shape index (κ3) is 0.847. The summed E-state index contributed by atoms with van der Waals surface area (Å²) >= 11 is 0. The van der Waals surface area contributed by atoms with Crippen LogP contribution in [0.5, 0.6) is 0 Å². The van der Waals surface area contributed by atoms with Crippen LogP contribution < -0.4 is 0 Å². The topological polar surface area (TPSA) is 9.23 Å². The molecule has 0 saturated carbocycles. The van der Waals surface area contributed by atoms with E-state index in [0.29, 0.717) is 0 Å². The fraction of sp³-hybridized carbons (Fsp3) is 0.500. The first kappa shape index (κ1) is 4.48. The van der Waals surface area contributed by atoms with Crippen LogP contribution in [0.4, 0.5) is 0 Å². The van der Waals surface area contributed by atoms with Crippen molar-refractivity contribution in [3.63, 3.8) is 0 Å². The van der Waals surface area contributed by atoms with Crippen LogP contribution in [-0.2, 0) is 4.74 Å². The van der Waals surface area contributed by atoms with Gasteiger partial charge < -0.3 is 4.74 Å². The fourth-order valence-corrected chi connectivity index (χ4v) is 0.640. The quantitative estimate of drug-likeness (QED) is 0.415. The van der Waals surface area contributed by atoms with Crippen molar-refractivity contribution in [1.29, 1.82) is 0 Å². The lowest BCUT2D eigenvalue weighted by Gasteiger charge is -1.87. The second-order valence-corrected chi connectivity index (χ2v) is 1.55. The molecule has 1 aliphatic rings. The van der Waals surface area contributed by atoms with Gasteiger partial charge in [0.25, 0.3) is 0 Å². The molecule has 0 aromatic carbocycles. The Bertz CT molecular complexity index is 101. The van der Waals surface area contributed by atoms with Crippen LogP contribution >= 0.6 is 0 Å². The number of hydrogen-bond donors (Lipinski definition) is 0. The standard InChI is InChI=1S/C6H8O/c1-2-6-4-3-5-7-6/h1,3-5H2. The van der Waals surface area contributed by atoms with Crippen molar-refractivity contribution >= 4 is 0 Å². The minimum atomic E-state index is 0.859. The van der Waals surface area contributed by atoms with Gasteiger partial charge in [-0.3, -0.25) is 0 Å². The van der Waals surface area contributed by atoms with Crippen LogP contribution in [0.25, 0.3) is 0 Å². The third-order valence-corrected chi connectivity index (χ3v) is 1.02. The zero-order chi connectivity index (χ0) is 5.11. The molecule has 0 amide bonds. The summed E-state index contributed by atoms with van der Waals surface area (Å²) in [7, 11) is 0. The number of ether oxygens (including phenoxy) is 1. The molecular weight excluding hydrogens is 88.1 g/mol. The second kappa shape index (κ2) is 1.85. The van der Waals surface area contributed by atoms with Gasteiger partial charge in [-0.15, -0.1) is 0 Å². The molecule has 1 fully saturated rings. The van der Waals surface area contributed by atoms with Gasteiger partial charge in [0.1, 0.15) is 5.76 Å². The van der Waals surface area contributed by atoms with Gasteiger partial charge in [-0.2, -0.15) is 0 Å². The van der Waals surface area contributed by atoms with Crippen LogP contribution in [0.3, 0.4) is 0 Å². The van der Waals surface area contributed by atoms with Gasteiger partial charge in [0, 0.05) is 6.42 Å². The lowest BCUT2D eigenvalue weighted by Crippen LogP contribution is -1.73. The van der Waals surface area contributed by atoms with Crippen molar-refractivity contribution in [1.82, 2.24) is 0 Å². The average Bonchev–Trinajstić information content (AvgIpc) is 2.14. The minimum Gasteiger partial charge on any atom is -0.490 e. The predicted molar refractivity (Wildman–Crippen MR) is 27.8 cm³/mol. The molecular formula is C6H8O. The molecule has 0 aliphatic carbocycles. The van der Waals surface area contributed by atoms with E-state index in [1.165, 1.54) is 0 Å². The maximum absolute atomic E-state index is 5.05. The first-order valence-corrected chi connectivity index (χ1v) is 2.45. The van der Waals surface area contributed by atoms with E-state index >= 15 is 0 Å². The summed E-state index contributed by atoms with van der Waals surface area (Å²) in [6, 6.07) is 0. The molecule has 0 N–H and O–H groups in total. The lowest BCUT2D eigenvalue weighted by atomic mass is 10.3. The molecule has 1 nitrogen and oxygen atoms in total. The van der Waals surface area contributed by atoms with E-state index in [-0.39, 0.29) is 0 Å². The first-order chi connectivity index (χ1) is 3.43. The van der Waals surface area contributed by atoms with Crippen molar-refractivity contribution < 1.29 is 4.74 Å². The second-order valence-electron chi connectivity index (χ2n) is 1.55. The molecule has 1 aliphatic heterocycles. The van der Waals surface area contributed by atoms with Crippen molar-refractivity contribution in [3.8, 4) is 0 Å². The third-order valence-electron chi connectivity index (χ3n) is 1.02. The van der Waals surface area contributed by atoms with E-state index in [4.69, 9.17) is 4.74 Å². The summed E-state index contributed by atoms with van der Waals surface area (Å²) in [6.07, 6.45) is 2.17. The summed E-state index contributed by atoms with van der Waals surface area (Å²) < 4.78 is 5.05. The van der Waals surface area contributed by atoms with Crippen molar-refractivity contribution in [2.24, 2.45) is 0 Å². The lowest BCUT2D eigenvalue weighted by molar-refractivity contribution is 0.264. The maximum Gasteiger partial charge on any atom is 0.138 e. The Kier molecular flexibility index (Phi) is 1.19. The molecule has 38 valence electrons. The Morgan fingerprint density at radius 1 is 1.71 bits per heavy atom. The Hall–Kier alpha value is -0.680. The molecule has 0 aromatic heterocycles. The van der Waals surface area contributed by atoms with E-state index in [1.807, 2.05) is 0 Å². The van der Waals surface area contributed by atoms with E-state index in [0.717, 1.165) is 25.2 Å². The van der Waals surface area contributed by atoms with Crippen LogP contribution in [0.2, 0.25) is 0 Å². The molecule has 7 heavy (non-hydrogen) atoms. The van der Waals surface area contributed by atoms with Crippen molar-refractivity contribution in [3.05, 3.63) is 18.1 Å². The normalized spacial score (nSPS) is 18.6. The van der Waals surface area contributed by atoms with Crippen LogP contribution in [0.1, 0.15) is 12.8 Å². The number of rotatable bonds is 0. The van der Waals surface area contributed by atoms with E-state index in [1.54, 1.807) is 0 Å². The van der Waals surface area contributed by atoms with Gasteiger partial charge >= 0.3 is 0 Å². The largest absolute Gasteiger partial charge is 0.490 e. The molecule has 0 unspecified atom stereocenters. The van der Waals surface area contributed by atoms with Gasteiger partial charge in [-0.05, 0) is 6.42 Å². The highest BCUT2D eigenvalue weighted by molar-refractivity contribution is 4.92. The minimum absolute atomic E-state index is 0.859. The number of hydrogen-bond acceptors (Lipinski definition) is 1. The Morgan fingerprint density at radius 3 is 2.86 bits per heavy atom. The Balaban J connectivity index is 2.57. The smallest absolute Gasteiger partial charge is 0.138 e. The summed E-state index contributed by atoms with van der Waals surface area (Å²) in [5.41, 5.74) is 2.71. The van der Waals surface area contributed by atoms with E-state index in [9.17, 15) is 0 Å². The van der Waals surface area contributed by atoms with Crippen LogP contribution in [-0.4, -0.2) is 6.61 Å². The van der Waals surface area contributed by atoms with E-state index < -0.39 is 0 Å². The summed E-state index contributed by atoms with van der Waals surface area (Å²) in [5, 5.41) is 0. The molecule has 0 atom stereocenters. The monoisotopic (exact) mass is 96.1 g/mol. The first-order valence-electron chi connectivity index (χ1n) is 2.45. The SMILES string of the molecule is C=C=C1CCCO1. The molecule has 0 spiro atoms. The Morgan fingerprint density at radius 2 is 2.57 bits per heavy atom. The highest BCUT2D eigenvalue weighted by Gasteiger charge is 2.03. The molecule has 0 aromatic rings. The summed E-state index contributed by atoms with van der Waals surface area (Å²) in [6.45, 7) is 4.31. The molecule has 0 bridgehead atoms. The molecule has 1 heterocycles. The zero-order valence-electron chi connectivity index (χ0n) is 4.24. The van der Waals surface area contributed by atoms with Gasteiger partial charge in [0.05, 0.1) is 6.61 Å². The van der Waals surface area contributed by atoms with Gasteiger partial charge in [0.2, 0.25) is 0 Å². The molecule has 1 heteroatoms. The van der Waals surface area contributed by atoms with Crippen LogP contribution in [0.15, 0.2) is 18.1 Å². The van der Waals surface area contributed by atoms with Gasteiger partial charge in [-0.25, -0.2) is 0 Å². The van der Waals surface area contributed by atoms with Crippen molar-refractivity contribution in [2.45, 2.75) is 12.8 Å². The summed E-state index contributed by atoms with van der Waals surface area (Å²) in [4.78, 5) is 0. The number of allylic oxidation sites excluding steroid dienone is 1. The predicted octanol–water partition coefficient (Wildman–Crippen LogP) is 1.47.